The molecule has 0 atom stereocenters. The van der Waals surface area contributed by atoms with Gasteiger partial charge in [0.15, 0.2) is 0 Å². The van der Waals surface area contributed by atoms with E-state index >= 15 is 0 Å². The predicted octanol–water partition coefficient (Wildman–Crippen LogP) is 14.9. The van der Waals surface area contributed by atoms with Crippen molar-refractivity contribution in [3.05, 3.63) is 188 Å². The van der Waals surface area contributed by atoms with Crippen molar-refractivity contribution in [2.45, 2.75) is 0 Å². The predicted molar refractivity (Wildman–Crippen MR) is 233 cm³/mol. The molecular weight excluding hydrogens is 667 g/mol. The van der Waals surface area contributed by atoms with Gasteiger partial charge in [-0.1, -0.05) is 176 Å². The van der Waals surface area contributed by atoms with Gasteiger partial charge in [0.2, 0.25) is 0 Å². The second-order valence-corrected chi connectivity index (χ2v) is 14.5. The van der Waals surface area contributed by atoms with E-state index in [2.05, 4.69) is 182 Å². The second kappa shape index (κ2) is 11.6. The number of hydrogen-bond acceptors (Lipinski definition) is 2. The lowest BCUT2D eigenvalue weighted by Gasteiger charge is -2.19. The fourth-order valence-electron chi connectivity index (χ4n) is 9.29. The van der Waals surface area contributed by atoms with Gasteiger partial charge in [-0.3, -0.25) is 0 Å². The van der Waals surface area contributed by atoms with Gasteiger partial charge in [0.25, 0.3) is 0 Å². The van der Waals surface area contributed by atoms with E-state index in [1.54, 1.807) is 0 Å². The van der Waals surface area contributed by atoms with Crippen molar-refractivity contribution in [2.75, 3.05) is 0 Å². The van der Waals surface area contributed by atoms with Gasteiger partial charge in [-0.15, -0.1) is 0 Å². The molecule has 0 fully saturated rings. The molecule has 0 saturated heterocycles. The number of benzene rings is 10. The highest BCUT2D eigenvalue weighted by molar-refractivity contribution is 6.32. The highest BCUT2D eigenvalue weighted by Gasteiger charge is 2.22. The number of furan rings is 1. The van der Waals surface area contributed by atoms with E-state index in [-0.39, 0.29) is 0 Å². The van der Waals surface area contributed by atoms with E-state index in [1.807, 2.05) is 6.07 Å². The molecule has 0 unspecified atom stereocenters. The van der Waals surface area contributed by atoms with Crippen LogP contribution in [-0.4, -0.2) is 4.98 Å². The summed E-state index contributed by atoms with van der Waals surface area (Å²) >= 11 is 0. The first-order valence-corrected chi connectivity index (χ1v) is 18.9. The van der Waals surface area contributed by atoms with Crippen LogP contribution in [-0.2, 0) is 0 Å². The van der Waals surface area contributed by atoms with Crippen LogP contribution in [0, 0.1) is 0 Å². The van der Waals surface area contributed by atoms with Gasteiger partial charge in [-0.25, -0.2) is 4.98 Å². The molecule has 0 N–H and O–H groups in total. The van der Waals surface area contributed by atoms with Crippen LogP contribution < -0.4 is 0 Å². The van der Waals surface area contributed by atoms with E-state index in [9.17, 15) is 0 Å². The summed E-state index contributed by atoms with van der Waals surface area (Å²) in [5.41, 5.74) is 9.63. The maximum atomic E-state index is 6.64. The number of rotatable bonds is 3. The molecule has 2 nitrogen and oxygen atoms in total. The average molecular weight is 698 g/mol. The normalized spacial score (nSPS) is 12.0. The zero-order valence-corrected chi connectivity index (χ0v) is 29.8. The van der Waals surface area contributed by atoms with Gasteiger partial charge in [0.05, 0.1) is 11.2 Å². The summed E-state index contributed by atoms with van der Waals surface area (Å²) in [7, 11) is 0. The molecule has 0 bridgehead atoms. The standard InChI is InChI=1S/C53H31NO/c1-2-15-32(16-3-1)51-46-31-33(29-30-42(46)50-37-20-6-4-17-34(37)35-18-5-11-25-43(35)52(50)54-51)48-38-21-7-9-23-40(38)49(41-24-10-8-22-39(41)48)45-27-14-26-44-36-19-12-13-28-47(36)55-53(44)45/h1-31H. The molecule has 0 aliphatic heterocycles. The third-order valence-electron chi connectivity index (χ3n) is 11.6. The Balaban J connectivity index is 1.21. The van der Waals surface area contributed by atoms with Gasteiger partial charge in [0, 0.05) is 43.6 Å². The highest BCUT2D eigenvalue weighted by atomic mass is 16.3. The van der Waals surface area contributed by atoms with Crippen LogP contribution in [0.3, 0.4) is 0 Å². The zero-order valence-electron chi connectivity index (χ0n) is 29.8. The summed E-state index contributed by atoms with van der Waals surface area (Å²) in [6.45, 7) is 0. The number of hydrogen-bond donors (Lipinski definition) is 0. The molecule has 0 aliphatic rings. The van der Waals surface area contributed by atoms with E-state index in [4.69, 9.17) is 9.40 Å². The molecule has 254 valence electrons. The third kappa shape index (κ3) is 4.34. The molecule has 2 aromatic heterocycles. The van der Waals surface area contributed by atoms with Crippen molar-refractivity contribution in [2.24, 2.45) is 0 Å². The van der Waals surface area contributed by atoms with Gasteiger partial charge >= 0.3 is 0 Å². The molecule has 55 heavy (non-hydrogen) atoms. The lowest BCUT2D eigenvalue weighted by atomic mass is 9.84. The van der Waals surface area contributed by atoms with Gasteiger partial charge in [0.1, 0.15) is 11.2 Å². The zero-order chi connectivity index (χ0) is 36.0. The first-order valence-electron chi connectivity index (χ1n) is 18.9. The van der Waals surface area contributed by atoms with Gasteiger partial charge in [-0.05, 0) is 66.3 Å². The fourth-order valence-corrected chi connectivity index (χ4v) is 9.29. The molecule has 12 rings (SSSR count). The SMILES string of the molecule is c1ccc(-c2nc3c4ccccc4c4ccccc4c3c3ccc(-c4c5ccccc5c(-c5cccc6c5oc5ccccc56)c5ccccc45)cc23)cc1. The van der Waals surface area contributed by atoms with Gasteiger partial charge in [-0.2, -0.15) is 0 Å². The van der Waals surface area contributed by atoms with Crippen molar-refractivity contribution < 1.29 is 4.42 Å². The van der Waals surface area contributed by atoms with Crippen molar-refractivity contribution in [1.29, 1.82) is 0 Å². The van der Waals surface area contributed by atoms with Crippen molar-refractivity contribution in [3.63, 3.8) is 0 Å². The van der Waals surface area contributed by atoms with E-state index < -0.39 is 0 Å². The summed E-state index contributed by atoms with van der Waals surface area (Å²) in [4.78, 5) is 5.60. The Morgan fingerprint density at radius 1 is 0.327 bits per heavy atom. The van der Waals surface area contributed by atoms with Crippen LogP contribution in [0.15, 0.2) is 192 Å². The Morgan fingerprint density at radius 2 is 0.855 bits per heavy atom. The quantitative estimate of drug-likeness (QED) is 0.136. The maximum absolute atomic E-state index is 6.64. The Bertz CT molecular complexity index is 3480. The molecule has 2 heteroatoms. The van der Waals surface area contributed by atoms with E-state index in [1.165, 1.54) is 65.0 Å². The topological polar surface area (TPSA) is 26.0 Å². The molecule has 0 amide bonds. The first-order chi connectivity index (χ1) is 27.3. The summed E-state index contributed by atoms with van der Waals surface area (Å²) in [5.74, 6) is 0. The molecule has 2 heterocycles. The van der Waals surface area contributed by atoms with Crippen LogP contribution in [0.2, 0.25) is 0 Å². The minimum Gasteiger partial charge on any atom is -0.455 e. The van der Waals surface area contributed by atoms with Crippen LogP contribution in [0.4, 0.5) is 0 Å². The monoisotopic (exact) mass is 697 g/mol. The Morgan fingerprint density at radius 3 is 1.56 bits per heavy atom. The Labute approximate surface area is 316 Å². The summed E-state index contributed by atoms with van der Waals surface area (Å²) < 4.78 is 6.64. The fraction of sp³-hybridized carbons (Fsp3) is 0. The third-order valence-corrected chi connectivity index (χ3v) is 11.6. The molecular formula is C53H31NO. The van der Waals surface area contributed by atoms with Crippen molar-refractivity contribution >= 4 is 86.7 Å². The van der Waals surface area contributed by atoms with Crippen LogP contribution >= 0.6 is 0 Å². The summed E-state index contributed by atoms with van der Waals surface area (Å²) in [5, 5.41) is 15.5. The molecule has 0 aliphatic carbocycles. The second-order valence-electron chi connectivity index (χ2n) is 14.5. The summed E-state index contributed by atoms with van der Waals surface area (Å²) in [6, 6.07) is 67.8. The number of fused-ring (bicyclic) bond motifs is 13. The lowest BCUT2D eigenvalue weighted by Crippen LogP contribution is -1.94. The number of nitrogens with zero attached hydrogens (tertiary/aromatic N) is 1. The van der Waals surface area contributed by atoms with E-state index in [0.29, 0.717) is 0 Å². The number of pyridine rings is 1. The molecule has 0 spiro atoms. The average Bonchev–Trinajstić information content (AvgIpc) is 3.64. The highest BCUT2D eigenvalue weighted by Crippen LogP contribution is 2.48. The van der Waals surface area contributed by atoms with Crippen LogP contribution in [0.1, 0.15) is 0 Å². The maximum Gasteiger partial charge on any atom is 0.143 e. The van der Waals surface area contributed by atoms with Gasteiger partial charge < -0.3 is 4.42 Å². The lowest BCUT2D eigenvalue weighted by molar-refractivity contribution is 0.670. The van der Waals surface area contributed by atoms with E-state index in [0.717, 1.165) is 55.2 Å². The molecule has 12 aromatic rings. The summed E-state index contributed by atoms with van der Waals surface area (Å²) in [6.07, 6.45) is 0. The van der Waals surface area contributed by atoms with Crippen LogP contribution in [0.5, 0.6) is 0 Å². The number of aromatic nitrogens is 1. The Hall–Kier alpha value is -7.29. The largest absolute Gasteiger partial charge is 0.455 e. The molecule has 0 saturated carbocycles. The molecule has 10 aromatic carbocycles. The number of para-hydroxylation sites is 2. The Kier molecular flexibility index (Phi) is 6.37. The smallest absolute Gasteiger partial charge is 0.143 e. The first kappa shape index (κ1) is 30.2. The minimum atomic E-state index is 0.905. The van der Waals surface area contributed by atoms with Crippen molar-refractivity contribution in [1.82, 2.24) is 4.98 Å². The van der Waals surface area contributed by atoms with Crippen molar-refractivity contribution in [3.8, 4) is 33.5 Å². The minimum absolute atomic E-state index is 0.905. The van der Waals surface area contributed by atoms with Crippen LogP contribution in [0.25, 0.3) is 120 Å². The molecule has 0 radical (unpaired) electrons.